The van der Waals surface area contributed by atoms with Gasteiger partial charge in [-0.1, -0.05) is 0 Å². The molecule has 1 atom stereocenters. The number of thiazole rings is 1. The van der Waals surface area contributed by atoms with Crippen molar-refractivity contribution in [1.82, 2.24) is 4.98 Å². The van der Waals surface area contributed by atoms with E-state index in [1.54, 1.807) is 11.6 Å². The molecule has 1 aromatic heterocycles. The Morgan fingerprint density at radius 1 is 1.53 bits per heavy atom. The topological polar surface area (TPSA) is 83.8 Å². The third-order valence-electron chi connectivity index (χ3n) is 1.63. The van der Waals surface area contributed by atoms with Crippen molar-refractivity contribution < 1.29 is 9.59 Å². The highest BCUT2D eigenvalue weighted by atomic mass is 32.1. The largest absolute Gasteiger partial charge is 0.300 e. The molecule has 76 valence electrons. The zero-order valence-corrected chi connectivity index (χ0v) is 8.27. The monoisotopic (exact) mass is 222 g/mol. The first kappa shape index (κ1) is 9.66. The standard InChI is InChI=1S/C8H6N4O2S/c13-6-2-1-5(11-12-6)7(14)10-8-9-3-4-15-8/h1-5H,(H,9,10,14). The SMILES string of the molecule is O=C1C=CC(C(=O)Nc2nccs2)N=N1. The van der Waals surface area contributed by atoms with Crippen LogP contribution in [0.5, 0.6) is 0 Å². The van der Waals surface area contributed by atoms with Gasteiger partial charge in [0.05, 0.1) is 0 Å². The van der Waals surface area contributed by atoms with Crippen LogP contribution in [0, 0.1) is 0 Å². The van der Waals surface area contributed by atoms with E-state index in [2.05, 4.69) is 20.5 Å². The van der Waals surface area contributed by atoms with E-state index in [0.29, 0.717) is 5.13 Å². The number of carbonyl (C=O) groups excluding carboxylic acids is 2. The second-order valence-electron chi connectivity index (χ2n) is 2.68. The highest BCUT2D eigenvalue weighted by molar-refractivity contribution is 7.13. The van der Waals surface area contributed by atoms with Crippen molar-refractivity contribution in [3.05, 3.63) is 23.7 Å². The molecule has 0 bridgehead atoms. The van der Waals surface area contributed by atoms with Crippen molar-refractivity contribution >= 4 is 28.3 Å². The fourth-order valence-electron chi connectivity index (χ4n) is 0.969. The summed E-state index contributed by atoms with van der Waals surface area (Å²) < 4.78 is 0. The number of hydrogen-bond acceptors (Lipinski definition) is 5. The third kappa shape index (κ3) is 2.32. The van der Waals surface area contributed by atoms with Gasteiger partial charge in [-0.15, -0.1) is 16.5 Å². The van der Waals surface area contributed by atoms with Gasteiger partial charge in [-0.05, 0) is 6.08 Å². The van der Waals surface area contributed by atoms with Gasteiger partial charge in [0.2, 0.25) is 0 Å². The fraction of sp³-hybridized carbons (Fsp3) is 0.125. The van der Waals surface area contributed by atoms with Gasteiger partial charge >= 0.3 is 0 Å². The molecule has 0 fully saturated rings. The number of rotatable bonds is 2. The van der Waals surface area contributed by atoms with E-state index in [1.165, 1.54) is 23.5 Å². The van der Waals surface area contributed by atoms with E-state index in [-0.39, 0.29) is 5.91 Å². The molecule has 1 aliphatic rings. The van der Waals surface area contributed by atoms with Crippen molar-refractivity contribution in [2.45, 2.75) is 6.04 Å². The zero-order chi connectivity index (χ0) is 10.7. The van der Waals surface area contributed by atoms with Crippen molar-refractivity contribution in [3.63, 3.8) is 0 Å². The van der Waals surface area contributed by atoms with Crippen molar-refractivity contribution in [1.29, 1.82) is 0 Å². The van der Waals surface area contributed by atoms with E-state index in [9.17, 15) is 9.59 Å². The highest BCUT2D eigenvalue weighted by Crippen LogP contribution is 2.12. The van der Waals surface area contributed by atoms with Gasteiger partial charge in [-0.2, -0.15) is 5.11 Å². The van der Waals surface area contributed by atoms with Crippen LogP contribution in [0.2, 0.25) is 0 Å². The van der Waals surface area contributed by atoms with Crippen LogP contribution in [-0.4, -0.2) is 22.8 Å². The van der Waals surface area contributed by atoms with Gasteiger partial charge in [0, 0.05) is 17.7 Å². The summed E-state index contributed by atoms with van der Waals surface area (Å²) in [6.45, 7) is 0. The number of azo groups is 1. The molecule has 2 heterocycles. The number of aromatic nitrogens is 1. The molecule has 0 aliphatic carbocycles. The van der Waals surface area contributed by atoms with Gasteiger partial charge in [0.15, 0.2) is 11.2 Å². The average Bonchev–Trinajstić information content (AvgIpc) is 2.71. The molecule has 7 heteroatoms. The summed E-state index contributed by atoms with van der Waals surface area (Å²) in [6.07, 6.45) is 4.21. The van der Waals surface area contributed by atoms with Gasteiger partial charge in [0.1, 0.15) is 0 Å². The Hall–Kier alpha value is -1.89. The molecule has 0 radical (unpaired) electrons. The Morgan fingerprint density at radius 2 is 2.40 bits per heavy atom. The molecule has 1 unspecified atom stereocenters. The summed E-state index contributed by atoms with van der Waals surface area (Å²) in [5.41, 5.74) is 0. The Labute approximate surface area is 88.7 Å². The number of hydrogen-bond donors (Lipinski definition) is 1. The maximum atomic E-state index is 11.5. The summed E-state index contributed by atoms with van der Waals surface area (Å²) in [7, 11) is 0. The van der Waals surface area contributed by atoms with E-state index >= 15 is 0 Å². The van der Waals surface area contributed by atoms with E-state index in [1.807, 2.05) is 0 Å². The summed E-state index contributed by atoms with van der Waals surface area (Å²) in [5.74, 6) is -0.800. The molecule has 6 nitrogen and oxygen atoms in total. The second-order valence-corrected chi connectivity index (χ2v) is 3.58. The lowest BCUT2D eigenvalue weighted by Gasteiger charge is -2.07. The number of nitrogens with one attached hydrogen (secondary N) is 1. The molecule has 0 aromatic carbocycles. The third-order valence-corrected chi connectivity index (χ3v) is 2.32. The van der Waals surface area contributed by atoms with Gasteiger partial charge in [-0.25, -0.2) is 4.98 Å². The Bertz CT molecular complexity index is 422. The molecule has 15 heavy (non-hydrogen) atoms. The second kappa shape index (κ2) is 4.09. The van der Waals surface area contributed by atoms with Crippen LogP contribution < -0.4 is 5.32 Å². The summed E-state index contributed by atoms with van der Waals surface area (Å²) in [5, 5.41) is 11.6. The predicted molar refractivity (Wildman–Crippen MR) is 53.5 cm³/mol. The van der Waals surface area contributed by atoms with Crippen LogP contribution in [0.3, 0.4) is 0 Å². The van der Waals surface area contributed by atoms with Crippen LogP contribution in [0.15, 0.2) is 34.0 Å². The number of anilines is 1. The molecule has 1 aliphatic heterocycles. The first-order valence-corrected chi connectivity index (χ1v) is 4.97. The molecule has 0 saturated carbocycles. The highest BCUT2D eigenvalue weighted by Gasteiger charge is 2.18. The smallest absolute Gasteiger partial charge is 0.287 e. The summed E-state index contributed by atoms with van der Waals surface area (Å²) in [4.78, 5) is 26.1. The Kier molecular flexibility index (Phi) is 2.64. The first-order valence-electron chi connectivity index (χ1n) is 4.09. The fourth-order valence-corrected chi connectivity index (χ4v) is 1.50. The van der Waals surface area contributed by atoms with Crippen molar-refractivity contribution in [2.24, 2.45) is 10.2 Å². The van der Waals surface area contributed by atoms with Gasteiger partial charge in [0.25, 0.3) is 11.8 Å². The van der Waals surface area contributed by atoms with E-state index in [0.717, 1.165) is 0 Å². The molecule has 2 amide bonds. The predicted octanol–water partition coefficient (Wildman–Crippen LogP) is 0.999. The maximum Gasteiger partial charge on any atom is 0.287 e. The van der Waals surface area contributed by atoms with Crippen LogP contribution in [0.1, 0.15) is 0 Å². The van der Waals surface area contributed by atoms with Crippen LogP contribution in [-0.2, 0) is 9.59 Å². The minimum atomic E-state index is -0.744. The molecular formula is C8H6N4O2S. The quantitative estimate of drug-likeness (QED) is 0.810. The Morgan fingerprint density at radius 3 is 3.00 bits per heavy atom. The first-order chi connectivity index (χ1) is 7.25. The summed E-state index contributed by atoms with van der Waals surface area (Å²) >= 11 is 1.31. The van der Waals surface area contributed by atoms with Crippen molar-refractivity contribution in [3.8, 4) is 0 Å². The normalized spacial score (nSPS) is 19.2. The van der Waals surface area contributed by atoms with E-state index < -0.39 is 11.9 Å². The lowest BCUT2D eigenvalue weighted by molar-refractivity contribution is -0.117. The minimum absolute atomic E-state index is 0.350. The van der Waals surface area contributed by atoms with Crippen LogP contribution in [0.25, 0.3) is 0 Å². The van der Waals surface area contributed by atoms with E-state index in [4.69, 9.17) is 0 Å². The minimum Gasteiger partial charge on any atom is -0.300 e. The van der Waals surface area contributed by atoms with Crippen LogP contribution >= 0.6 is 11.3 Å². The maximum absolute atomic E-state index is 11.5. The summed E-state index contributed by atoms with van der Waals surface area (Å²) in [6, 6.07) is -0.744. The molecular weight excluding hydrogens is 216 g/mol. The number of nitrogens with zero attached hydrogens (tertiary/aromatic N) is 3. The van der Waals surface area contributed by atoms with Gasteiger partial charge < -0.3 is 0 Å². The lowest BCUT2D eigenvalue weighted by Crippen LogP contribution is -2.25. The average molecular weight is 222 g/mol. The van der Waals surface area contributed by atoms with Crippen molar-refractivity contribution in [2.75, 3.05) is 5.32 Å². The molecule has 1 N–H and O–H groups in total. The Balaban J connectivity index is 2.01. The zero-order valence-electron chi connectivity index (χ0n) is 7.45. The molecule has 0 spiro atoms. The molecule has 0 saturated heterocycles. The number of amides is 2. The van der Waals surface area contributed by atoms with Gasteiger partial charge in [-0.3, -0.25) is 14.9 Å². The lowest BCUT2D eigenvalue weighted by atomic mass is 10.2. The number of carbonyl (C=O) groups is 2. The molecule has 1 aromatic rings. The van der Waals surface area contributed by atoms with Crippen LogP contribution in [0.4, 0.5) is 5.13 Å². The molecule has 2 rings (SSSR count).